The summed E-state index contributed by atoms with van der Waals surface area (Å²) in [6.07, 6.45) is 3.28. The Bertz CT molecular complexity index is 550. The average molecular weight is 313 g/mol. The number of non-ortho nitro benzene ring substituents is 1. The predicted octanol–water partition coefficient (Wildman–Crippen LogP) is 2.53. The van der Waals surface area contributed by atoms with E-state index in [0.717, 1.165) is 25.7 Å². The van der Waals surface area contributed by atoms with Crippen LogP contribution in [-0.2, 0) is 0 Å². The van der Waals surface area contributed by atoms with Crippen LogP contribution in [0.3, 0.4) is 0 Å². The normalized spacial score (nSPS) is 21.8. The van der Waals surface area contributed by atoms with E-state index in [2.05, 4.69) is 5.32 Å². The maximum Gasteiger partial charge on any atom is 0.271 e. The molecule has 1 aliphatic carbocycles. The van der Waals surface area contributed by atoms with Gasteiger partial charge >= 0.3 is 0 Å². The molecule has 0 radical (unpaired) electrons. The van der Waals surface area contributed by atoms with Gasteiger partial charge in [-0.2, -0.15) is 0 Å². The van der Waals surface area contributed by atoms with Crippen molar-refractivity contribution in [2.75, 3.05) is 6.54 Å². The van der Waals surface area contributed by atoms with E-state index in [1.807, 2.05) is 0 Å². The summed E-state index contributed by atoms with van der Waals surface area (Å²) in [6.45, 7) is 0.361. The molecule has 1 saturated carbocycles. The number of aliphatic hydroxyl groups is 1. The van der Waals surface area contributed by atoms with E-state index < -0.39 is 16.9 Å². The molecule has 0 bridgehead atoms. The third-order valence-corrected chi connectivity index (χ3v) is 3.97. The molecule has 2 N–H and O–H groups in total. The average Bonchev–Trinajstić information content (AvgIpc) is 2.45. The first-order valence-corrected chi connectivity index (χ1v) is 7.26. The molecule has 1 fully saturated rings. The van der Waals surface area contributed by atoms with Gasteiger partial charge in [0, 0.05) is 35.2 Å². The Morgan fingerprint density at radius 2 is 2.10 bits per heavy atom. The van der Waals surface area contributed by atoms with Gasteiger partial charge in [-0.15, -0.1) is 0 Å². The van der Waals surface area contributed by atoms with Gasteiger partial charge in [0.2, 0.25) is 0 Å². The lowest BCUT2D eigenvalue weighted by atomic mass is 9.86. The smallest absolute Gasteiger partial charge is 0.271 e. The number of amides is 1. The Morgan fingerprint density at radius 1 is 1.38 bits per heavy atom. The van der Waals surface area contributed by atoms with Gasteiger partial charge in [0.25, 0.3) is 11.6 Å². The van der Waals surface area contributed by atoms with Crippen molar-refractivity contribution in [2.24, 2.45) is 5.92 Å². The summed E-state index contributed by atoms with van der Waals surface area (Å²) in [5, 5.41) is 23.5. The molecule has 0 spiro atoms. The molecule has 2 rings (SSSR count). The SMILES string of the molecule is O=C(NCC1CCCCC1O)c1cc(Cl)cc([N+](=O)[O-])c1. The number of rotatable bonds is 4. The number of nitrogens with one attached hydrogen (secondary N) is 1. The standard InChI is InChI=1S/C14H17ClN2O4/c15-11-5-10(6-12(7-11)17(20)21)14(19)16-8-9-3-1-2-4-13(9)18/h5-7,9,13,18H,1-4,8H2,(H,16,19). The van der Waals surface area contributed by atoms with Crippen LogP contribution >= 0.6 is 11.6 Å². The fraction of sp³-hybridized carbons (Fsp3) is 0.500. The second-order valence-electron chi connectivity index (χ2n) is 5.28. The Labute approximate surface area is 127 Å². The molecule has 6 nitrogen and oxygen atoms in total. The molecule has 0 aliphatic heterocycles. The molecule has 1 amide bonds. The number of aliphatic hydroxyl groups excluding tert-OH is 1. The van der Waals surface area contributed by atoms with Crippen molar-refractivity contribution in [1.29, 1.82) is 0 Å². The van der Waals surface area contributed by atoms with Crippen LogP contribution in [0.1, 0.15) is 36.0 Å². The summed E-state index contributed by atoms with van der Waals surface area (Å²) >= 11 is 5.79. The lowest BCUT2D eigenvalue weighted by molar-refractivity contribution is -0.384. The van der Waals surface area contributed by atoms with Crippen LogP contribution in [-0.4, -0.2) is 28.6 Å². The lowest BCUT2D eigenvalue weighted by Crippen LogP contribution is -2.36. The second kappa shape index (κ2) is 6.87. The zero-order valence-electron chi connectivity index (χ0n) is 11.4. The molecule has 1 aliphatic rings. The van der Waals surface area contributed by atoms with Gasteiger partial charge in [-0.25, -0.2) is 0 Å². The van der Waals surface area contributed by atoms with Crippen molar-refractivity contribution >= 4 is 23.2 Å². The van der Waals surface area contributed by atoms with Crippen LogP contribution in [0, 0.1) is 16.0 Å². The maximum absolute atomic E-state index is 12.0. The highest BCUT2D eigenvalue weighted by Gasteiger charge is 2.23. The highest BCUT2D eigenvalue weighted by Crippen LogP contribution is 2.24. The topological polar surface area (TPSA) is 92.5 Å². The summed E-state index contributed by atoms with van der Waals surface area (Å²) < 4.78 is 0. The highest BCUT2D eigenvalue weighted by atomic mass is 35.5. The van der Waals surface area contributed by atoms with E-state index in [9.17, 15) is 20.0 Å². The summed E-state index contributed by atoms with van der Waals surface area (Å²) in [7, 11) is 0. The van der Waals surface area contributed by atoms with Gasteiger partial charge in [-0.3, -0.25) is 14.9 Å². The van der Waals surface area contributed by atoms with E-state index in [1.54, 1.807) is 0 Å². The first-order chi connectivity index (χ1) is 9.97. The molecule has 0 saturated heterocycles. The fourth-order valence-corrected chi connectivity index (χ4v) is 2.79. The fourth-order valence-electron chi connectivity index (χ4n) is 2.56. The van der Waals surface area contributed by atoms with Gasteiger partial charge in [0.15, 0.2) is 0 Å². The number of hydrogen-bond acceptors (Lipinski definition) is 4. The van der Waals surface area contributed by atoms with Crippen molar-refractivity contribution in [1.82, 2.24) is 5.32 Å². The van der Waals surface area contributed by atoms with Crippen molar-refractivity contribution in [3.8, 4) is 0 Å². The molecule has 7 heteroatoms. The van der Waals surface area contributed by atoms with Crippen molar-refractivity contribution in [2.45, 2.75) is 31.8 Å². The molecule has 21 heavy (non-hydrogen) atoms. The molecular formula is C14H17ClN2O4. The molecule has 1 aromatic carbocycles. The van der Waals surface area contributed by atoms with Gasteiger partial charge in [0.1, 0.15) is 0 Å². The number of halogens is 1. The van der Waals surface area contributed by atoms with Crippen LogP contribution in [0.2, 0.25) is 5.02 Å². The van der Waals surface area contributed by atoms with Gasteiger partial charge in [-0.1, -0.05) is 24.4 Å². The zero-order valence-corrected chi connectivity index (χ0v) is 12.2. The van der Waals surface area contributed by atoms with E-state index in [4.69, 9.17) is 11.6 Å². The zero-order chi connectivity index (χ0) is 15.4. The minimum atomic E-state index is -0.590. The largest absolute Gasteiger partial charge is 0.393 e. The summed E-state index contributed by atoms with van der Waals surface area (Å²) in [6, 6.07) is 3.78. The minimum absolute atomic E-state index is 0.0388. The number of carbonyl (C=O) groups excluding carboxylic acids is 1. The number of carbonyl (C=O) groups is 1. The van der Waals surface area contributed by atoms with E-state index in [1.165, 1.54) is 18.2 Å². The van der Waals surface area contributed by atoms with Gasteiger partial charge in [0.05, 0.1) is 11.0 Å². The number of nitro benzene ring substituents is 1. The quantitative estimate of drug-likeness (QED) is 0.660. The lowest BCUT2D eigenvalue weighted by Gasteiger charge is -2.27. The summed E-state index contributed by atoms with van der Waals surface area (Å²) in [4.78, 5) is 22.2. The van der Waals surface area contributed by atoms with Crippen LogP contribution in [0.15, 0.2) is 18.2 Å². The first kappa shape index (κ1) is 15.7. The number of nitro groups is 1. The molecule has 2 atom stereocenters. The van der Waals surface area contributed by atoms with Crippen LogP contribution in [0.4, 0.5) is 5.69 Å². The third kappa shape index (κ3) is 4.15. The monoisotopic (exact) mass is 312 g/mol. The van der Waals surface area contributed by atoms with E-state index in [-0.39, 0.29) is 22.2 Å². The summed E-state index contributed by atoms with van der Waals surface area (Å²) in [5.74, 6) is -0.379. The Hall–Kier alpha value is -1.66. The Kier molecular flexibility index (Phi) is 5.14. The second-order valence-corrected chi connectivity index (χ2v) is 5.71. The number of benzene rings is 1. The van der Waals surface area contributed by atoms with Crippen LogP contribution in [0.25, 0.3) is 0 Å². The predicted molar refractivity (Wildman–Crippen MR) is 78.4 cm³/mol. The van der Waals surface area contributed by atoms with Crippen molar-refractivity contribution in [3.05, 3.63) is 38.9 Å². The van der Waals surface area contributed by atoms with Gasteiger partial charge in [-0.05, 0) is 18.9 Å². The Morgan fingerprint density at radius 3 is 2.76 bits per heavy atom. The maximum atomic E-state index is 12.0. The minimum Gasteiger partial charge on any atom is -0.393 e. The summed E-state index contributed by atoms with van der Waals surface area (Å²) in [5.41, 5.74) is -0.0650. The molecule has 0 aromatic heterocycles. The molecule has 2 unspecified atom stereocenters. The van der Waals surface area contributed by atoms with Crippen molar-refractivity contribution < 1.29 is 14.8 Å². The highest BCUT2D eigenvalue weighted by molar-refractivity contribution is 6.31. The molecule has 114 valence electrons. The van der Waals surface area contributed by atoms with E-state index >= 15 is 0 Å². The Balaban J connectivity index is 2.01. The van der Waals surface area contributed by atoms with Crippen LogP contribution in [0.5, 0.6) is 0 Å². The molecule has 0 heterocycles. The van der Waals surface area contributed by atoms with Gasteiger partial charge < -0.3 is 10.4 Å². The number of nitrogens with zero attached hydrogens (tertiary/aromatic N) is 1. The third-order valence-electron chi connectivity index (χ3n) is 3.75. The molecular weight excluding hydrogens is 296 g/mol. The van der Waals surface area contributed by atoms with Crippen molar-refractivity contribution in [3.63, 3.8) is 0 Å². The van der Waals surface area contributed by atoms with Crippen LogP contribution < -0.4 is 5.32 Å². The molecule has 1 aromatic rings. The number of hydrogen-bond donors (Lipinski definition) is 2. The van der Waals surface area contributed by atoms with E-state index in [0.29, 0.717) is 6.54 Å². The first-order valence-electron chi connectivity index (χ1n) is 6.88.